The SMILES string of the molecule is NC1=CC=C(c2ccsc2)c2nc(-c3n[nH]c4ccc(-c5cncc(CNCC6CCCC6)c5)nc34)[nH]c2C1. The van der Waals surface area contributed by atoms with Crippen LogP contribution in [0.5, 0.6) is 0 Å². The molecular formula is C30H30N8S. The van der Waals surface area contributed by atoms with E-state index in [2.05, 4.69) is 54.5 Å². The molecule has 0 amide bonds. The minimum Gasteiger partial charge on any atom is -0.402 e. The van der Waals surface area contributed by atoms with Crippen LogP contribution in [0.25, 0.3) is 39.4 Å². The largest absolute Gasteiger partial charge is 0.402 e. The van der Waals surface area contributed by atoms with Gasteiger partial charge in [-0.25, -0.2) is 9.97 Å². The minimum atomic E-state index is 0.598. The molecule has 0 saturated heterocycles. The number of H-pyrrole nitrogens is 2. The van der Waals surface area contributed by atoms with Crippen molar-refractivity contribution in [2.24, 2.45) is 11.7 Å². The second kappa shape index (κ2) is 10.2. The number of rotatable bonds is 7. The summed E-state index contributed by atoms with van der Waals surface area (Å²) in [6, 6.07) is 8.31. The predicted octanol–water partition coefficient (Wildman–Crippen LogP) is 5.58. The number of nitrogens with two attached hydrogens (primary N) is 1. The maximum absolute atomic E-state index is 6.27. The molecule has 2 aliphatic carbocycles. The van der Waals surface area contributed by atoms with Gasteiger partial charge in [0.15, 0.2) is 11.5 Å². The molecule has 1 fully saturated rings. The molecule has 39 heavy (non-hydrogen) atoms. The maximum Gasteiger partial charge on any atom is 0.161 e. The molecule has 8 nitrogen and oxygen atoms in total. The number of hydrogen-bond donors (Lipinski definition) is 4. The normalized spacial score (nSPS) is 15.8. The summed E-state index contributed by atoms with van der Waals surface area (Å²) in [6.07, 6.45) is 13.8. The fraction of sp³-hybridized carbons (Fsp3) is 0.267. The zero-order chi connectivity index (χ0) is 26.2. The van der Waals surface area contributed by atoms with Crippen LogP contribution in [-0.4, -0.2) is 36.7 Å². The Morgan fingerprint density at radius 3 is 2.82 bits per heavy atom. The van der Waals surface area contributed by atoms with Gasteiger partial charge in [0.05, 0.1) is 16.9 Å². The van der Waals surface area contributed by atoms with Gasteiger partial charge in [0.25, 0.3) is 0 Å². The van der Waals surface area contributed by atoms with Gasteiger partial charge >= 0.3 is 0 Å². The third kappa shape index (κ3) is 4.79. The highest BCUT2D eigenvalue weighted by molar-refractivity contribution is 7.08. The Bertz CT molecular complexity index is 1690. The highest BCUT2D eigenvalue weighted by Gasteiger charge is 2.22. The lowest BCUT2D eigenvalue weighted by atomic mass is 10.0. The fourth-order valence-electron chi connectivity index (χ4n) is 5.64. The van der Waals surface area contributed by atoms with Crippen LogP contribution in [0.15, 0.2) is 65.3 Å². The molecule has 0 spiro atoms. The van der Waals surface area contributed by atoms with Crippen molar-refractivity contribution in [1.82, 2.24) is 35.5 Å². The first-order valence-electron chi connectivity index (χ1n) is 13.5. The molecule has 0 unspecified atom stereocenters. The number of aromatic amines is 2. The van der Waals surface area contributed by atoms with Gasteiger partial charge in [-0.2, -0.15) is 16.4 Å². The highest BCUT2D eigenvalue weighted by Crippen LogP contribution is 2.33. The Hall–Kier alpha value is -4.08. The van der Waals surface area contributed by atoms with E-state index in [0.29, 0.717) is 17.9 Å². The quantitative estimate of drug-likeness (QED) is 0.216. The first-order valence-corrected chi connectivity index (χ1v) is 14.4. The summed E-state index contributed by atoms with van der Waals surface area (Å²) in [7, 11) is 0. The Balaban J connectivity index is 1.19. The topological polar surface area (TPSA) is 121 Å². The van der Waals surface area contributed by atoms with Gasteiger partial charge in [-0.05, 0) is 77.5 Å². The second-order valence-corrected chi connectivity index (χ2v) is 11.2. The van der Waals surface area contributed by atoms with Gasteiger partial charge < -0.3 is 16.0 Å². The number of aromatic nitrogens is 6. The third-order valence-electron chi connectivity index (χ3n) is 7.67. The van der Waals surface area contributed by atoms with Crippen molar-refractivity contribution in [3.8, 4) is 22.8 Å². The fourth-order valence-corrected chi connectivity index (χ4v) is 6.30. The van der Waals surface area contributed by atoms with Crippen LogP contribution in [0.2, 0.25) is 0 Å². The van der Waals surface area contributed by atoms with E-state index < -0.39 is 0 Å². The lowest BCUT2D eigenvalue weighted by Crippen LogP contribution is -2.20. The summed E-state index contributed by atoms with van der Waals surface area (Å²) in [5.74, 6) is 1.49. The van der Waals surface area contributed by atoms with Crippen molar-refractivity contribution in [1.29, 1.82) is 0 Å². The van der Waals surface area contributed by atoms with Crippen LogP contribution in [0, 0.1) is 5.92 Å². The Morgan fingerprint density at radius 1 is 1.03 bits per heavy atom. The van der Waals surface area contributed by atoms with Crippen molar-refractivity contribution >= 4 is 27.9 Å². The number of pyridine rings is 2. The van der Waals surface area contributed by atoms with Gasteiger partial charge in [-0.3, -0.25) is 10.1 Å². The summed E-state index contributed by atoms with van der Waals surface area (Å²) in [6.45, 7) is 1.89. The predicted molar refractivity (Wildman–Crippen MR) is 156 cm³/mol. The third-order valence-corrected chi connectivity index (χ3v) is 8.35. The molecule has 5 N–H and O–H groups in total. The monoisotopic (exact) mass is 534 g/mol. The molecule has 1 saturated carbocycles. The number of imidazole rings is 1. The van der Waals surface area contributed by atoms with Crippen molar-refractivity contribution in [3.05, 3.63) is 87.8 Å². The number of hydrogen-bond acceptors (Lipinski definition) is 7. The molecule has 9 heteroatoms. The van der Waals surface area contributed by atoms with E-state index in [1.54, 1.807) is 11.3 Å². The van der Waals surface area contributed by atoms with E-state index in [1.165, 1.54) is 25.7 Å². The van der Waals surface area contributed by atoms with Crippen LogP contribution in [0.3, 0.4) is 0 Å². The second-order valence-electron chi connectivity index (χ2n) is 10.5. The molecule has 5 aromatic rings. The average molecular weight is 535 g/mol. The average Bonchev–Trinajstić information content (AvgIpc) is 3.76. The molecular weight excluding hydrogens is 504 g/mol. The Kier molecular flexibility index (Phi) is 6.30. The first kappa shape index (κ1) is 24.0. The van der Waals surface area contributed by atoms with E-state index >= 15 is 0 Å². The van der Waals surface area contributed by atoms with Crippen LogP contribution in [0.4, 0.5) is 0 Å². The highest BCUT2D eigenvalue weighted by atomic mass is 32.1. The summed E-state index contributed by atoms with van der Waals surface area (Å²) in [5.41, 5.74) is 16.4. The van der Waals surface area contributed by atoms with E-state index in [-0.39, 0.29) is 0 Å². The van der Waals surface area contributed by atoms with Crippen molar-refractivity contribution in [2.75, 3.05) is 6.54 Å². The molecule has 196 valence electrons. The molecule has 0 radical (unpaired) electrons. The Labute approximate surface area is 230 Å². The van der Waals surface area contributed by atoms with E-state index in [9.17, 15) is 0 Å². The summed E-state index contributed by atoms with van der Waals surface area (Å²) < 4.78 is 0. The molecule has 0 aliphatic heterocycles. The van der Waals surface area contributed by atoms with Crippen molar-refractivity contribution in [2.45, 2.75) is 38.6 Å². The molecule has 2 aliphatic rings. The zero-order valence-corrected chi connectivity index (χ0v) is 22.4. The van der Waals surface area contributed by atoms with Gasteiger partial charge in [0.1, 0.15) is 5.52 Å². The number of allylic oxidation sites excluding steroid dienone is 3. The van der Waals surface area contributed by atoms with Crippen LogP contribution in [0.1, 0.15) is 48.2 Å². The summed E-state index contributed by atoms with van der Waals surface area (Å²) in [4.78, 5) is 18.0. The molecule has 7 rings (SSSR count). The van der Waals surface area contributed by atoms with Crippen LogP contribution in [-0.2, 0) is 13.0 Å². The number of nitrogens with zero attached hydrogens (tertiary/aromatic N) is 4. The summed E-state index contributed by atoms with van der Waals surface area (Å²) >= 11 is 1.67. The van der Waals surface area contributed by atoms with Gasteiger partial charge in [0, 0.05) is 47.9 Å². The van der Waals surface area contributed by atoms with Gasteiger partial charge in [0.2, 0.25) is 0 Å². The standard InChI is InChI=1S/C30H30N8S/c31-22-5-6-23(20-9-10-39-17-20)27-26(12-22)35-30(36-27)29-28-25(37-38-29)8-7-24(34-28)21-11-19(15-33-16-21)14-32-13-18-3-1-2-4-18/h5-11,15-18,32H,1-4,12-14,31H2,(H,35,36)(H,37,38). The molecule has 0 atom stereocenters. The van der Waals surface area contributed by atoms with Crippen LogP contribution >= 0.6 is 11.3 Å². The Morgan fingerprint density at radius 2 is 1.95 bits per heavy atom. The summed E-state index contributed by atoms with van der Waals surface area (Å²) in [5, 5.41) is 15.5. The molecule has 5 aromatic heterocycles. The number of thiophene rings is 1. The van der Waals surface area contributed by atoms with Gasteiger partial charge in [-0.15, -0.1) is 0 Å². The maximum atomic E-state index is 6.27. The molecule has 0 aromatic carbocycles. The van der Waals surface area contributed by atoms with E-state index in [1.807, 2.05) is 30.6 Å². The zero-order valence-electron chi connectivity index (χ0n) is 21.6. The number of nitrogens with one attached hydrogen (secondary N) is 3. The van der Waals surface area contributed by atoms with Gasteiger partial charge in [-0.1, -0.05) is 18.9 Å². The number of fused-ring (bicyclic) bond motifs is 2. The molecule has 5 heterocycles. The smallest absolute Gasteiger partial charge is 0.161 e. The minimum absolute atomic E-state index is 0.598. The van der Waals surface area contributed by atoms with Crippen LogP contribution < -0.4 is 11.1 Å². The first-order chi connectivity index (χ1) is 19.2. The lowest BCUT2D eigenvalue weighted by molar-refractivity contribution is 0.489. The van der Waals surface area contributed by atoms with E-state index in [4.69, 9.17) is 15.7 Å². The van der Waals surface area contributed by atoms with E-state index in [0.717, 1.165) is 75.1 Å². The van der Waals surface area contributed by atoms with Crippen molar-refractivity contribution < 1.29 is 0 Å². The molecule has 0 bridgehead atoms. The lowest BCUT2D eigenvalue weighted by Gasteiger charge is -2.11. The van der Waals surface area contributed by atoms with Crippen molar-refractivity contribution in [3.63, 3.8) is 0 Å².